The monoisotopic (exact) mass is 457 g/mol. The minimum Gasteiger partial charge on any atom is -0.489 e. The number of esters is 1. The normalized spacial score (nSPS) is 10.4. The van der Waals surface area contributed by atoms with Crippen LogP contribution in [-0.2, 0) is 22.6 Å². The molecule has 7 heteroatoms. The molecule has 0 saturated carbocycles. The molecule has 31 heavy (non-hydrogen) atoms. The van der Waals surface area contributed by atoms with Crippen molar-refractivity contribution in [3.63, 3.8) is 0 Å². The molecular formula is C24H21Cl2NO4. The van der Waals surface area contributed by atoms with Crippen molar-refractivity contribution in [1.29, 1.82) is 0 Å². The van der Waals surface area contributed by atoms with Crippen molar-refractivity contribution in [3.8, 4) is 5.75 Å². The molecule has 160 valence electrons. The topological polar surface area (TPSA) is 64.6 Å². The summed E-state index contributed by atoms with van der Waals surface area (Å²) in [6.07, 6.45) is 0.106. The van der Waals surface area contributed by atoms with Crippen LogP contribution >= 0.6 is 23.2 Å². The highest BCUT2D eigenvalue weighted by molar-refractivity contribution is 6.36. The Bertz CT molecular complexity index is 1070. The number of benzene rings is 3. The lowest BCUT2D eigenvalue weighted by Gasteiger charge is -2.12. The van der Waals surface area contributed by atoms with Crippen LogP contribution in [-0.4, -0.2) is 18.5 Å². The molecule has 0 spiro atoms. The molecule has 0 radical (unpaired) electrons. The Kier molecular flexibility index (Phi) is 7.93. The molecule has 0 unspecified atom stereocenters. The molecule has 0 aliphatic rings. The van der Waals surface area contributed by atoms with Gasteiger partial charge < -0.3 is 14.8 Å². The lowest BCUT2D eigenvalue weighted by Crippen LogP contribution is -2.13. The van der Waals surface area contributed by atoms with Gasteiger partial charge in [0.05, 0.1) is 34.3 Å². The van der Waals surface area contributed by atoms with E-state index < -0.39 is 5.91 Å². The summed E-state index contributed by atoms with van der Waals surface area (Å²) < 4.78 is 10.7. The van der Waals surface area contributed by atoms with Crippen LogP contribution in [0.15, 0.2) is 66.7 Å². The van der Waals surface area contributed by atoms with Gasteiger partial charge in [-0.25, -0.2) is 0 Å². The van der Waals surface area contributed by atoms with Crippen molar-refractivity contribution < 1.29 is 19.1 Å². The molecule has 0 aromatic heterocycles. The van der Waals surface area contributed by atoms with E-state index in [1.807, 2.05) is 30.3 Å². The van der Waals surface area contributed by atoms with E-state index >= 15 is 0 Å². The van der Waals surface area contributed by atoms with Gasteiger partial charge in [0.2, 0.25) is 0 Å². The minimum absolute atomic E-state index is 0.106. The predicted octanol–water partition coefficient (Wildman–Crippen LogP) is 5.93. The summed E-state index contributed by atoms with van der Waals surface area (Å²) in [6, 6.07) is 19.6. The molecule has 0 saturated heterocycles. The molecule has 1 amide bonds. The van der Waals surface area contributed by atoms with E-state index in [-0.39, 0.29) is 18.0 Å². The molecule has 3 aromatic carbocycles. The molecule has 0 aliphatic carbocycles. The van der Waals surface area contributed by atoms with Gasteiger partial charge in [0.15, 0.2) is 0 Å². The number of hydrogen-bond acceptors (Lipinski definition) is 4. The molecule has 3 aromatic rings. The highest BCUT2D eigenvalue weighted by Gasteiger charge is 2.15. The van der Waals surface area contributed by atoms with Gasteiger partial charge in [0.1, 0.15) is 12.4 Å². The highest BCUT2D eigenvalue weighted by Crippen LogP contribution is 2.27. The van der Waals surface area contributed by atoms with Gasteiger partial charge in [-0.1, -0.05) is 59.6 Å². The van der Waals surface area contributed by atoms with Gasteiger partial charge in [0.25, 0.3) is 5.91 Å². The first kappa shape index (κ1) is 22.7. The second kappa shape index (κ2) is 10.8. The Hall–Kier alpha value is -3.02. The molecule has 3 rings (SSSR count). The van der Waals surface area contributed by atoms with Gasteiger partial charge in [-0.3, -0.25) is 9.59 Å². The fourth-order valence-corrected chi connectivity index (χ4v) is 3.30. The van der Waals surface area contributed by atoms with Crippen molar-refractivity contribution in [1.82, 2.24) is 0 Å². The quantitative estimate of drug-likeness (QED) is 0.425. The van der Waals surface area contributed by atoms with Gasteiger partial charge in [-0.2, -0.15) is 0 Å². The first-order valence-corrected chi connectivity index (χ1v) is 10.4. The highest BCUT2D eigenvalue weighted by atomic mass is 35.5. The van der Waals surface area contributed by atoms with Gasteiger partial charge in [-0.15, -0.1) is 0 Å². The molecule has 5 nitrogen and oxygen atoms in total. The maximum absolute atomic E-state index is 12.8. The number of amides is 1. The lowest BCUT2D eigenvalue weighted by molar-refractivity contribution is -0.142. The molecule has 0 aliphatic heterocycles. The number of hydrogen-bond donors (Lipinski definition) is 1. The fraction of sp³-hybridized carbons (Fsp3) is 0.167. The number of anilines is 1. The van der Waals surface area contributed by atoms with Crippen LogP contribution in [0, 0.1) is 0 Å². The molecular weight excluding hydrogens is 437 g/mol. The van der Waals surface area contributed by atoms with Crippen molar-refractivity contribution in [2.75, 3.05) is 11.9 Å². The van der Waals surface area contributed by atoms with Crippen LogP contribution in [0.25, 0.3) is 0 Å². The van der Waals surface area contributed by atoms with Gasteiger partial charge in [0, 0.05) is 0 Å². The Morgan fingerprint density at radius 3 is 2.39 bits per heavy atom. The first-order valence-electron chi connectivity index (χ1n) is 9.68. The molecule has 0 bridgehead atoms. The third kappa shape index (κ3) is 6.48. The number of halogens is 2. The summed E-state index contributed by atoms with van der Waals surface area (Å²) in [6.45, 7) is 2.43. The Labute approximate surface area is 190 Å². The number of carbonyl (C=O) groups is 2. The third-order valence-corrected chi connectivity index (χ3v) is 5.01. The standard InChI is InChI=1S/C24H21Cl2NO4/c1-2-30-23(28)13-17-8-11-22(21(26)12-17)27-24(29)19-14-18(9-10-20(19)25)31-15-16-6-4-3-5-7-16/h3-12,14H,2,13,15H2,1H3,(H,27,29). The Morgan fingerprint density at radius 1 is 0.903 bits per heavy atom. The third-order valence-electron chi connectivity index (χ3n) is 4.37. The summed E-state index contributed by atoms with van der Waals surface area (Å²) in [5, 5.41) is 3.35. The zero-order valence-corrected chi connectivity index (χ0v) is 18.4. The fourth-order valence-electron chi connectivity index (χ4n) is 2.85. The van der Waals surface area contributed by atoms with Crippen molar-refractivity contribution >= 4 is 40.8 Å². The van der Waals surface area contributed by atoms with Crippen molar-refractivity contribution in [2.24, 2.45) is 0 Å². The van der Waals surface area contributed by atoms with E-state index in [1.165, 1.54) is 0 Å². The SMILES string of the molecule is CCOC(=O)Cc1ccc(NC(=O)c2cc(OCc3ccccc3)ccc2Cl)c(Cl)c1. The molecule has 0 heterocycles. The number of rotatable bonds is 8. The summed E-state index contributed by atoms with van der Waals surface area (Å²) in [7, 11) is 0. The smallest absolute Gasteiger partial charge is 0.310 e. The first-order chi connectivity index (χ1) is 15.0. The second-order valence-electron chi connectivity index (χ2n) is 6.67. The van der Waals surface area contributed by atoms with Crippen molar-refractivity contribution in [3.05, 3.63) is 93.5 Å². The summed E-state index contributed by atoms with van der Waals surface area (Å²) >= 11 is 12.5. The maximum Gasteiger partial charge on any atom is 0.310 e. The zero-order chi connectivity index (χ0) is 22.2. The van der Waals surface area contributed by atoms with E-state index in [4.69, 9.17) is 32.7 Å². The number of carbonyl (C=O) groups excluding carboxylic acids is 2. The minimum atomic E-state index is -0.421. The second-order valence-corrected chi connectivity index (χ2v) is 7.48. The van der Waals surface area contributed by atoms with Crippen LogP contribution in [0.4, 0.5) is 5.69 Å². The Morgan fingerprint density at radius 2 is 1.68 bits per heavy atom. The molecule has 0 fully saturated rings. The van der Waals surface area contributed by atoms with Crippen LogP contribution in [0.2, 0.25) is 10.0 Å². The van der Waals surface area contributed by atoms with E-state index in [2.05, 4.69) is 5.32 Å². The van der Waals surface area contributed by atoms with Crippen LogP contribution < -0.4 is 10.1 Å². The van der Waals surface area contributed by atoms with Crippen LogP contribution in [0.5, 0.6) is 5.75 Å². The summed E-state index contributed by atoms with van der Waals surface area (Å²) in [5.41, 5.74) is 2.37. The zero-order valence-electron chi connectivity index (χ0n) is 16.9. The molecule has 0 atom stereocenters. The van der Waals surface area contributed by atoms with Gasteiger partial charge in [-0.05, 0) is 48.4 Å². The van der Waals surface area contributed by atoms with Crippen molar-refractivity contribution in [2.45, 2.75) is 20.0 Å². The lowest BCUT2D eigenvalue weighted by atomic mass is 10.1. The predicted molar refractivity (Wildman–Crippen MR) is 122 cm³/mol. The maximum atomic E-state index is 12.8. The Balaban J connectivity index is 1.69. The largest absolute Gasteiger partial charge is 0.489 e. The van der Waals surface area contributed by atoms with Gasteiger partial charge >= 0.3 is 5.97 Å². The average Bonchev–Trinajstić information content (AvgIpc) is 2.76. The van der Waals surface area contributed by atoms with E-state index in [0.717, 1.165) is 5.56 Å². The van der Waals surface area contributed by atoms with E-state index in [0.29, 0.717) is 40.3 Å². The summed E-state index contributed by atoms with van der Waals surface area (Å²) in [4.78, 5) is 24.4. The van der Waals surface area contributed by atoms with E-state index in [1.54, 1.807) is 43.3 Å². The number of ether oxygens (including phenoxy) is 2. The molecule has 1 N–H and O–H groups in total. The van der Waals surface area contributed by atoms with E-state index in [9.17, 15) is 9.59 Å². The summed E-state index contributed by atoms with van der Waals surface area (Å²) in [5.74, 6) is -0.237. The van der Waals surface area contributed by atoms with Crippen LogP contribution in [0.3, 0.4) is 0 Å². The average molecular weight is 458 g/mol. The number of nitrogens with one attached hydrogen (secondary N) is 1. The van der Waals surface area contributed by atoms with Crippen LogP contribution in [0.1, 0.15) is 28.4 Å².